The van der Waals surface area contributed by atoms with Gasteiger partial charge in [-0.3, -0.25) is 4.79 Å². The monoisotopic (exact) mass is 433 g/mol. The molecule has 3 rings (SSSR count). The van der Waals surface area contributed by atoms with E-state index >= 15 is 0 Å². The molecule has 1 unspecified atom stereocenters. The summed E-state index contributed by atoms with van der Waals surface area (Å²) in [5.74, 6) is -0.277. The Morgan fingerprint density at radius 1 is 1.03 bits per heavy atom. The zero-order valence-corrected chi connectivity index (χ0v) is 17.7. The highest BCUT2D eigenvalue weighted by Crippen LogP contribution is 2.37. The molecule has 1 atom stereocenters. The Balaban J connectivity index is 1.83. The molecule has 0 aliphatic heterocycles. The van der Waals surface area contributed by atoms with Crippen molar-refractivity contribution in [3.63, 3.8) is 0 Å². The standard InChI is InChI=1S/C23H26F3N3O2/c1-14(2)27-22(31)28-19-9-5-7-17(13-19)21(30)29(20-10-11-20)15(3)16-6-4-8-18(12-16)23(24,25)26/h4-9,12-15,20H,10-11H2,1-3H3,(H2,27,28,31). The number of halogens is 3. The molecular formula is C23H26F3N3O2. The minimum atomic E-state index is -4.44. The number of benzene rings is 2. The van der Waals surface area contributed by atoms with E-state index < -0.39 is 17.8 Å². The summed E-state index contributed by atoms with van der Waals surface area (Å²) in [5.41, 5.74) is 0.530. The lowest BCUT2D eigenvalue weighted by Gasteiger charge is -2.30. The maximum Gasteiger partial charge on any atom is 0.416 e. The number of carbonyl (C=O) groups is 2. The highest BCUT2D eigenvalue weighted by atomic mass is 19.4. The van der Waals surface area contributed by atoms with Gasteiger partial charge in [-0.1, -0.05) is 18.2 Å². The first-order chi connectivity index (χ1) is 14.6. The Morgan fingerprint density at radius 2 is 1.71 bits per heavy atom. The van der Waals surface area contributed by atoms with Crippen molar-refractivity contribution >= 4 is 17.6 Å². The van der Waals surface area contributed by atoms with Crippen LogP contribution in [-0.4, -0.2) is 28.9 Å². The molecule has 0 heterocycles. The van der Waals surface area contributed by atoms with Crippen LogP contribution in [0.2, 0.25) is 0 Å². The number of rotatable bonds is 6. The van der Waals surface area contributed by atoms with Crippen LogP contribution in [0.15, 0.2) is 48.5 Å². The minimum Gasteiger partial charge on any atom is -0.336 e. The molecule has 3 amide bonds. The highest BCUT2D eigenvalue weighted by molar-refractivity contribution is 5.97. The van der Waals surface area contributed by atoms with Gasteiger partial charge in [-0.25, -0.2) is 4.79 Å². The Bertz CT molecular complexity index is 955. The fraction of sp³-hybridized carbons (Fsp3) is 0.391. The van der Waals surface area contributed by atoms with Gasteiger partial charge >= 0.3 is 12.2 Å². The third kappa shape index (κ3) is 5.77. The molecule has 166 valence electrons. The molecule has 0 radical (unpaired) electrons. The Morgan fingerprint density at radius 3 is 2.32 bits per heavy atom. The quantitative estimate of drug-likeness (QED) is 0.623. The lowest BCUT2D eigenvalue weighted by atomic mass is 10.0. The Hall–Kier alpha value is -3.03. The molecule has 2 aromatic rings. The van der Waals surface area contributed by atoms with Crippen molar-refractivity contribution < 1.29 is 22.8 Å². The summed E-state index contributed by atoms with van der Waals surface area (Å²) >= 11 is 0. The molecule has 2 aromatic carbocycles. The summed E-state index contributed by atoms with van der Waals surface area (Å²) in [4.78, 5) is 26.9. The number of alkyl halides is 3. The van der Waals surface area contributed by atoms with Gasteiger partial charge in [0.1, 0.15) is 0 Å². The second kappa shape index (κ2) is 8.99. The fourth-order valence-corrected chi connectivity index (χ4v) is 3.45. The van der Waals surface area contributed by atoms with Crippen LogP contribution in [0, 0.1) is 0 Å². The highest BCUT2D eigenvalue weighted by Gasteiger charge is 2.38. The number of urea groups is 1. The van der Waals surface area contributed by atoms with E-state index in [0.717, 1.165) is 25.0 Å². The van der Waals surface area contributed by atoms with E-state index in [1.54, 1.807) is 42.2 Å². The van der Waals surface area contributed by atoms with Crippen molar-refractivity contribution in [3.05, 3.63) is 65.2 Å². The molecule has 1 fully saturated rings. The normalized spacial score (nSPS) is 14.8. The molecule has 8 heteroatoms. The number of anilines is 1. The number of hydrogen-bond acceptors (Lipinski definition) is 2. The van der Waals surface area contributed by atoms with Crippen LogP contribution in [0.1, 0.15) is 61.1 Å². The summed E-state index contributed by atoms with van der Waals surface area (Å²) in [6, 6.07) is 10.7. The van der Waals surface area contributed by atoms with Gasteiger partial charge in [-0.05, 0) is 69.5 Å². The number of nitrogens with zero attached hydrogens (tertiary/aromatic N) is 1. The zero-order chi connectivity index (χ0) is 22.8. The largest absolute Gasteiger partial charge is 0.416 e. The molecule has 1 aliphatic rings. The van der Waals surface area contributed by atoms with E-state index in [0.29, 0.717) is 16.8 Å². The first-order valence-corrected chi connectivity index (χ1v) is 10.2. The van der Waals surface area contributed by atoms with Crippen LogP contribution in [-0.2, 0) is 6.18 Å². The maximum absolute atomic E-state index is 13.3. The number of nitrogens with one attached hydrogen (secondary N) is 2. The van der Waals surface area contributed by atoms with Gasteiger partial charge in [-0.2, -0.15) is 13.2 Å². The number of carbonyl (C=O) groups excluding carboxylic acids is 2. The van der Waals surface area contributed by atoms with Crippen molar-refractivity contribution in [2.75, 3.05) is 5.32 Å². The third-order valence-corrected chi connectivity index (χ3v) is 5.08. The smallest absolute Gasteiger partial charge is 0.336 e. The molecule has 0 bridgehead atoms. The molecule has 0 spiro atoms. The fourth-order valence-electron chi connectivity index (χ4n) is 3.45. The van der Waals surface area contributed by atoms with Gasteiger partial charge < -0.3 is 15.5 Å². The predicted octanol–water partition coefficient (Wildman–Crippen LogP) is 5.60. The Kier molecular flexibility index (Phi) is 6.57. The lowest BCUT2D eigenvalue weighted by molar-refractivity contribution is -0.137. The summed E-state index contributed by atoms with van der Waals surface area (Å²) in [6.07, 6.45) is -2.83. The van der Waals surface area contributed by atoms with E-state index in [1.807, 2.05) is 13.8 Å². The van der Waals surface area contributed by atoms with Gasteiger partial charge in [-0.15, -0.1) is 0 Å². The average Bonchev–Trinajstić information content (AvgIpc) is 3.52. The summed E-state index contributed by atoms with van der Waals surface area (Å²) in [6.45, 7) is 5.41. The molecule has 2 N–H and O–H groups in total. The SMILES string of the molecule is CC(C)NC(=O)Nc1cccc(C(=O)N(C2CC2)C(C)c2cccc(C(F)(F)F)c2)c1. The van der Waals surface area contributed by atoms with E-state index in [1.165, 1.54) is 6.07 Å². The molecule has 1 aliphatic carbocycles. The topological polar surface area (TPSA) is 61.4 Å². The van der Waals surface area contributed by atoms with Crippen molar-refractivity contribution in [1.82, 2.24) is 10.2 Å². The van der Waals surface area contributed by atoms with Crippen LogP contribution in [0.4, 0.5) is 23.7 Å². The molecular weight excluding hydrogens is 407 g/mol. The Labute approximate surface area is 179 Å². The number of hydrogen-bond donors (Lipinski definition) is 2. The van der Waals surface area contributed by atoms with Crippen molar-refractivity contribution in [1.29, 1.82) is 0 Å². The van der Waals surface area contributed by atoms with Gasteiger partial charge in [0.15, 0.2) is 0 Å². The van der Waals surface area contributed by atoms with Crippen molar-refractivity contribution in [2.45, 2.75) is 57.9 Å². The molecule has 0 saturated heterocycles. The van der Waals surface area contributed by atoms with E-state index in [4.69, 9.17) is 0 Å². The second-order valence-corrected chi connectivity index (χ2v) is 8.08. The van der Waals surface area contributed by atoms with Crippen LogP contribution in [0.3, 0.4) is 0 Å². The lowest BCUT2D eigenvalue weighted by Crippen LogP contribution is -2.36. The molecule has 5 nitrogen and oxygen atoms in total. The van der Waals surface area contributed by atoms with Crippen LogP contribution < -0.4 is 10.6 Å². The summed E-state index contributed by atoms with van der Waals surface area (Å²) in [7, 11) is 0. The van der Waals surface area contributed by atoms with E-state index in [2.05, 4.69) is 10.6 Å². The van der Waals surface area contributed by atoms with Gasteiger partial charge in [0.25, 0.3) is 5.91 Å². The average molecular weight is 433 g/mol. The van der Waals surface area contributed by atoms with E-state index in [-0.39, 0.29) is 24.0 Å². The first kappa shape index (κ1) is 22.7. The second-order valence-electron chi connectivity index (χ2n) is 8.08. The van der Waals surface area contributed by atoms with Crippen LogP contribution >= 0.6 is 0 Å². The summed E-state index contributed by atoms with van der Waals surface area (Å²) in [5, 5.41) is 5.40. The first-order valence-electron chi connectivity index (χ1n) is 10.2. The zero-order valence-electron chi connectivity index (χ0n) is 17.7. The third-order valence-electron chi connectivity index (χ3n) is 5.08. The molecule has 1 saturated carbocycles. The van der Waals surface area contributed by atoms with E-state index in [9.17, 15) is 22.8 Å². The van der Waals surface area contributed by atoms with Crippen LogP contribution in [0.5, 0.6) is 0 Å². The van der Waals surface area contributed by atoms with Gasteiger partial charge in [0.05, 0.1) is 11.6 Å². The predicted molar refractivity (Wildman–Crippen MR) is 113 cm³/mol. The number of amides is 3. The molecule has 31 heavy (non-hydrogen) atoms. The minimum absolute atomic E-state index is 0.0158. The molecule has 0 aromatic heterocycles. The van der Waals surface area contributed by atoms with Crippen molar-refractivity contribution in [3.8, 4) is 0 Å². The van der Waals surface area contributed by atoms with Gasteiger partial charge in [0.2, 0.25) is 0 Å². The van der Waals surface area contributed by atoms with Crippen molar-refractivity contribution in [2.24, 2.45) is 0 Å². The van der Waals surface area contributed by atoms with Crippen LogP contribution in [0.25, 0.3) is 0 Å². The van der Waals surface area contributed by atoms with Gasteiger partial charge in [0, 0.05) is 23.3 Å². The maximum atomic E-state index is 13.3. The summed E-state index contributed by atoms with van der Waals surface area (Å²) < 4.78 is 39.4.